The average Bonchev–Trinajstić information content (AvgIpc) is 2.72. The van der Waals surface area contributed by atoms with Crippen LogP contribution in [0.4, 0.5) is 0 Å². The zero-order chi connectivity index (χ0) is 20.3. The predicted molar refractivity (Wildman–Crippen MR) is 106 cm³/mol. The fourth-order valence-corrected chi connectivity index (χ4v) is 4.31. The van der Waals surface area contributed by atoms with E-state index in [2.05, 4.69) is 5.32 Å². The Morgan fingerprint density at radius 3 is 2.11 bits per heavy atom. The highest BCUT2D eigenvalue weighted by molar-refractivity contribution is 7.94. The first-order chi connectivity index (χ1) is 13.4. The summed E-state index contributed by atoms with van der Waals surface area (Å²) in [7, 11) is 2.35. The zero-order valence-electron chi connectivity index (χ0n) is 16.2. The predicted octanol–water partition coefficient (Wildman–Crippen LogP) is 2.64. The summed E-state index contributed by atoms with van der Waals surface area (Å²) in [6.45, 7) is 0.621. The Kier molecular flexibility index (Phi) is 5.69. The average molecular weight is 405 g/mol. The summed E-state index contributed by atoms with van der Waals surface area (Å²) < 4.78 is 47.1. The summed E-state index contributed by atoms with van der Waals surface area (Å²) in [6, 6.07) is 8.18. The van der Waals surface area contributed by atoms with Gasteiger partial charge < -0.3 is 24.3 Å². The van der Waals surface area contributed by atoms with Gasteiger partial charge in [-0.25, -0.2) is 8.42 Å². The van der Waals surface area contributed by atoms with Gasteiger partial charge in [0.2, 0.25) is 9.84 Å². The molecule has 0 amide bonds. The Morgan fingerprint density at radius 2 is 1.46 bits per heavy atom. The van der Waals surface area contributed by atoms with Gasteiger partial charge in [-0.1, -0.05) is 0 Å². The second-order valence-corrected chi connectivity index (χ2v) is 7.93. The van der Waals surface area contributed by atoms with Crippen LogP contribution in [0.1, 0.15) is 11.1 Å². The molecule has 2 aromatic carbocycles. The van der Waals surface area contributed by atoms with Crippen LogP contribution < -0.4 is 24.3 Å². The molecule has 0 saturated heterocycles. The van der Waals surface area contributed by atoms with Crippen molar-refractivity contribution < 1.29 is 27.4 Å². The zero-order valence-corrected chi connectivity index (χ0v) is 17.1. The number of rotatable bonds is 6. The molecule has 0 aromatic heterocycles. The number of nitrogens with one attached hydrogen (secondary N) is 1. The molecule has 1 aliphatic rings. The summed E-state index contributed by atoms with van der Waals surface area (Å²) >= 11 is 0. The molecule has 1 N–H and O–H groups in total. The second kappa shape index (κ2) is 8.02. The lowest BCUT2D eigenvalue weighted by molar-refractivity contribution is 0.354. The molecule has 0 radical (unpaired) electrons. The first kappa shape index (κ1) is 19.9. The molecule has 0 aliphatic carbocycles. The van der Waals surface area contributed by atoms with E-state index in [1.54, 1.807) is 26.4 Å². The summed E-state index contributed by atoms with van der Waals surface area (Å²) in [5.41, 5.74) is 2.27. The van der Waals surface area contributed by atoms with Crippen molar-refractivity contribution in [2.45, 2.75) is 11.3 Å². The van der Waals surface area contributed by atoms with Gasteiger partial charge in [-0.2, -0.15) is 0 Å². The number of hydrogen-bond acceptors (Lipinski definition) is 7. The Morgan fingerprint density at radius 1 is 0.857 bits per heavy atom. The number of benzene rings is 2. The van der Waals surface area contributed by atoms with Crippen molar-refractivity contribution in [3.8, 4) is 23.0 Å². The van der Waals surface area contributed by atoms with Crippen LogP contribution in [0.2, 0.25) is 0 Å². The number of ether oxygens (including phenoxy) is 4. The minimum atomic E-state index is -3.73. The molecular weight excluding hydrogens is 382 g/mol. The number of sulfone groups is 1. The standard InChI is InChI=1S/C20H23NO6S/c1-24-17-6-5-14(10-19(17)26-3)28(22,23)12-16-15-11-20(27-4)18(25-2)9-13(15)7-8-21-16/h5-6,9-12,21H,7-8H2,1-4H3/b16-12-. The Balaban J connectivity index is 2.07. The van der Waals surface area contributed by atoms with E-state index in [4.69, 9.17) is 18.9 Å². The van der Waals surface area contributed by atoms with Crippen molar-refractivity contribution in [3.63, 3.8) is 0 Å². The molecule has 7 nitrogen and oxygen atoms in total. The van der Waals surface area contributed by atoms with Gasteiger partial charge in [-0.15, -0.1) is 0 Å². The van der Waals surface area contributed by atoms with Crippen molar-refractivity contribution in [2.24, 2.45) is 0 Å². The van der Waals surface area contributed by atoms with Crippen molar-refractivity contribution >= 4 is 15.5 Å². The maximum atomic E-state index is 13.0. The highest BCUT2D eigenvalue weighted by atomic mass is 32.2. The topological polar surface area (TPSA) is 83.1 Å². The lowest BCUT2D eigenvalue weighted by Gasteiger charge is -2.23. The Bertz CT molecular complexity index is 1010. The van der Waals surface area contributed by atoms with E-state index >= 15 is 0 Å². The van der Waals surface area contributed by atoms with Crippen LogP contribution in [-0.4, -0.2) is 43.4 Å². The quantitative estimate of drug-likeness (QED) is 0.791. The Labute approximate surface area is 164 Å². The molecule has 0 bridgehead atoms. The van der Waals surface area contributed by atoms with Crippen LogP contribution in [0.3, 0.4) is 0 Å². The fourth-order valence-electron chi connectivity index (χ4n) is 3.13. The van der Waals surface area contributed by atoms with Crippen molar-refractivity contribution in [1.82, 2.24) is 5.32 Å². The van der Waals surface area contributed by atoms with Crippen LogP contribution in [0.15, 0.2) is 40.6 Å². The molecule has 1 heterocycles. The van der Waals surface area contributed by atoms with Crippen LogP contribution in [0.5, 0.6) is 23.0 Å². The third-order valence-electron chi connectivity index (χ3n) is 4.57. The van der Waals surface area contributed by atoms with Gasteiger partial charge in [0.1, 0.15) is 0 Å². The van der Waals surface area contributed by atoms with Gasteiger partial charge in [0.25, 0.3) is 0 Å². The number of hydrogen-bond donors (Lipinski definition) is 1. The van der Waals surface area contributed by atoms with Crippen LogP contribution >= 0.6 is 0 Å². The minimum Gasteiger partial charge on any atom is -0.493 e. The van der Waals surface area contributed by atoms with E-state index in [0.717, 1.165) is 17.5 Å². The van der Waals surface area contributed by atoms with Gasteiger partial charge >= 0.3 is 0 Å². The van der Waals surface area contributed by atoms with Crippen LogP contribution in [-0.2, 0) is 16.3 Å². The lowest BCUT2D eigenvalue weighted by atomic mass is 9.98. The monoisotopic (exact) mass is 405 g/mol. The van der Waals surface area contributed by atoms with Crippen molar-refractivity contribution in [2.75, 3.05) is 35.0 Å². The van der Waals surface area contributed by atoms with E-state index in [-0.39, 0.29) is 4.90 Å². The summed E-state index contributed by atoms with van der Waals surface area (Å²) in [6.07, 6.45) is 0.753. The highest BCUT2D eigenvalue weighted by Gasteiger charge is 2.22. The Hall–Kier alpha value is -2.87. The van der Waals surface area contributed by atoms with E-state index in [0.29, 0.717) is 35.2 Å². The first-order valence-corrected chi connectivity index (χ1v) is 10.2. The molecule has 28 heavy (non-hydrogen) atoms. The first-order valence-electron chi connectivity index (χ1n) is 8.61. The molecule has 0 spiro atoms. The van der Waals surface area contributed by atoms with Crippen molar-refractivity contribution in [1.29, 1.82) is 0 Å². The largest absolute Gasteiger partial charge is 0.493 e. The van der Waals surface area contributed by atoms with E-state index in [1.165, 1.54) is 31.8 Å². The SMILES string of the molecule is COc1ccc(S(=O)(=O)/C=C2\NCCc3cc(OC)c(OC)cc32)cc1OC. The van der Waals surface area contributed by atoms with E-state index < -0.39 is 9.84 Å². The van der Waals surface area contributed by atoms with Crippen LogP contribution in [0, 0.1) is 0 Å². The molecule has 3 rings (SSSR count). The lowest BCUT2D eigenvalue weighted by Crippen LogP contribution is -2.23. The molecule has 0 saturated carbocycles. The smallest absolute Gasteiger partial charge is 0.201 e. The van der Waals surface area contributed by atoms with Gasteiger partial charge in [0.05, 0.1) is 44.4 Å². The van der Waals surface area contributed by atoms with E-state index in [9.17, 15) is 8.42 Å². The molecule has 0 atom stereocenters. The third kappa shape index (κ3) is 3.73. The maximum absolute atomic E-state index is 13.0. The van der Waals surface area contributed by atoms with Gasteiger partial charge in [-0.3, -0.25) is 0 Å². The highest BCUT2D eigenvalue weighted by Crippen LogP contribution is 2.36. The minimum absolute atomic E-state index is 0.118. The molecular formula is C20H23NO6S. The van der Waals surface area contributed by atoms with Crippen LogP contribution in [0.25, 0.3) is 5.70 Å². The summed E-state index contributed by atoms with van der Waals surface area (Å²) in [5, 5.41) is 4.41. The maximum Gasteiger partial charge on any atom is 0.201 e. The second-order valence-electron chi connectivity index (χ2n) is 6.13. The molecule has 0 unspecified atom stereocenters. The molecule has 1 aliphatic heterocycles. The van der Waals surface area contributed by atoms with E-state index in [1.807, 2.05) is 6.07 Å². The molecule has 0 fully saturated rings. The molecule has 2 aromatic rings. The van der Waals surface area contributed by atoms with Gasteiger partial charge in [0, 0.05) is 18.2 Å². The number of fused-ring (bicyclic) bond motifs is 1. The third-order valence-corrected chi connectivity index (χ3v) is 6.02. The van der Waals surface area contributed by atoms with Crippen molar-refractivity contribution in [3.05, 3.63) is 46.9 Å². The van der Waals surface area contributed by atoms with Gasteiger partial charge in [-0.05, 0) is 36.2 Å². The summed E-state index contributed by atoms with van der Waals surface area (Å²) in [5.74, 6) is 1.97. The normalized spacial score (nSPS) is 14.8. The fraction of sp³-hybridized carbons (Fsp3) is 0.300. The number of methoxy groups -OCH3 is 4. The van der Waals surface area contributed by atoms with Gasteiger partial charge in [0.15, 0.2) is 23.0 Å². The molecule has 150 valence electrons. The summed E-state index contributed by atoms with van der Waals surface area (Å²) in [4.78, 5) is 0.118. The molecule has 8 heteroatoms.